The smallest absolute Gasteiger partial charge is 0.252 e. The minimum Gasteiger partial charge on any atom is -0.279 e. The van der Waals surface area contributed by atoms with Crippen molar-refractivity contribution in [1.82, 2.24) is 15.2 Å². The number of anilines is 1. The Kier molecular flexibility index (Phi) is 3.20. The number of aromatic nitrogens is 3. The van der Waals surface area contributed by atoms with Crippen molar-refractivity contribution in [3.05, 3.63) is 10.8 Å². The van der Waals surface area contributed by atoms with E-state index in [1.165, 1.54) is 6.20 Å². The fourth-order valence-electron chi connectivity index (χ4n) is 1.48. The third-order valence-corrected chi connectivity index (χ3v) is 3.11. The van der Waals surface area contributed by atoms with Crippen LogP contribution in [0.2, 0.25) is 0 Å². The molecule has 1 fully saturated rings. The number of carbonyl (C=O) groups excluding carboxylic acids is 1. The van der Waals surface area contributed by atoms with Gasteiger partial charge >= 0.3 is 0 Å². The second kappa shape index (κ2) is 4.44. The first-order valence-electron chi connectivity index (χ1n) is 4.47. The Morgan fingerprint density at radius 3 is 2.93 bits per heavy atom. The Morgan fingerprint density at radius 2 is 2.40 bits per heavy atom. The van der Waals surface area contributed by atoms with Gasteiger partial charge in [-0.15, -0.1) is 10.2 Å². The molecule has 1 amide bonds. The number of thiol groups is 1. The molecule has 0 bridgehead atoms. The van der Waals surface area contributed by atoms with Crippen molar-refractivity contribution in [1.29, 1.82) is 0 Å². The van der Waals surface area contributed by atoms with Crippen molar-refractivity contribution in [2.45, 2.75) is 6.42 Å². The molecule has 7 heteroatoms. The molecule has 0 spiro atoms. The van der Waals surface area contributed by atoms with Crippen LogP contribution in [0.4, 0.5) is 5.95 Å². The Bertz CT molecular complexity index is 371. The molecular formula is C8H9BrN4OS. The fraction of sp³-hybridized carbons (Fsp3) is 0.500. The quantitative estimate of drug-likeness (QED) is 0.822. The number of carbonyl (C=O) groups is 1. The van der Waals surface area contributed by atoms with Gasteiger partial charge < -0.3 is 0 Å². The molecule has 0 radical (unpaired) electrons. The first-order valence-corrected chi connectivity index (χ1v) is 5.89. The zero-order valence-electron chi connectivity index (χ0n) is 7.80. The van der Waals surface area contributed by atoms with E-state index in [-0.39, 0.29) is 11.8 Å². The summed E-state index contributed by atoms with van der Waals surface area (Å²) < 4.78 is 0.559. The summed E-state index contributed by atoms with van der Waals surface area (Å²) >= 11 is 7.33. The van der Waals surface area contributed by atoms with Crippen molar-refractivity contribution in [2.24, 2.45) is 5.92 Å². The molecule has 2 rings (SSSR count). The molecule has 0 saturated carbocycles. The molecule has 1 saturated heterocycles. The van der Waals surface area contributed by atoms with Crippen LogP contribution in [-0.4, -0.2) is 33.4 Å². The summed E-state index contributed by atoms with van der Waals surface area (Å²) in [7, 11) is 0. The van der Waals surface area contributed by atoms with Gasteiger partial charge in [0.25, 0.3) is 5.95 Å². The van der Waals surface area contributed by atoms with E-state index in [4.69, 9.17) is 0 Å². The molecule has 0 aromatic carbocycles. The van der Waals surface area contributed by atoms with Gasteiger partial charge in [-0.25, -0.2) is 4.98 Å². The summed E-state index contributed by atoms with van der Waals surface area (Å²) in [4.78, 5) is 17.2. The predicted octanol–water partition coefficient (Wildman–Crippen LogP) is 0.917. The molecule has 2 heterocycles. The maximum atomic E-state index is 11.6. The largest absolute Gasteiger partial charge is 0.279 e. The lowest BCUT2D eigenvalue weighted by Crippen LogP contribution is -2.27. The molecule has 15 heavy (non-hydrogen) atoms. The fourth-order valence-corrected chi connectivity index (χ4v) is 1.90. The third-order valence-electron chi connectivity index (χ3n) is 2.23. The van der Waals surface area contributed by atoms with E-state index < -0.39 is 0 Å². The van der Waals surface area contributed by atoms with Crippen LogP contribution < -0.4 is 4.90 Å². The van der Waals surface area contributed by atoms with E-state index in [0.29, 0.717) is 29.3 Å². The first-order chi connectivity index (χ1) is 7.20. The molecule has 1 aliphatic rings. The van der Waals surface area contributed by atoms with Gasteiger partial charge in [-0.05, 0) is 27.6 Å². The minimum absolute atomic E-state index is 0.0400. The van der Waals surface area contributed by atoms with Gasteiger partial charge in [0.1, 0.15) is 4.60 Å². The predicted molar refractivity (Wildman–Crippen MR) is 61.8 cm³/mol. The van der Waals surface area contributed by atoms with Crippen LogP contribution in [0.3, 0.4) is 0 Å². The number of halogens is 1. The molecule has 1 aromatic heterocycles. The number of nitrogens with zero attached hydrogens (tertiary/aromatic N) is 4. The van der Waals surface area contributed by atoms with Gasteiger partial charge in [0.05, 0.1) is 6.20 Å². The lowest BCUT2D eigenvalue weighted by Gasteiger charge is -2.12. The maximum Gasteiger partial charge on any atom is 0.252 e. The molecule has 0 N–H and O–H groups in total. The second-order valence-corrected chi connectivity index (χ2v) is 4.52. The van der Waals surface area contributed by atoms with Crippen LogP contribution in [0.25, 0.3) is 0 Å². The zero-order chi connectivity index (χ0) is 10.8. The van der Waals surface area contributed by atoms with Crippen LogP contribution >= 0.6 is 28.6 Å². The average Bonchev–Trinajstić information content (AvgIpc) is 2.61. The summed E-state index contributed by atoms with van der Waals surface area (Å²) in [5, 5.41) is 7.65. The van der Waals surface area contributed by atoms with Crippen LogP contribution in [0.15, 0.2) is 10.8 Å². The minimum atomic E-state index is 0.0400. The molecule has 5 nitrogen and oxygen atoms in total. The summed E-state index contributed by atoms with van der Waals surface area (Å²) in [6.45, 7) is 0.631. The molecule has 1 aliphatic heterocycles. The molecule has 0 aliphatic carbocycles. The maximum absolute atomic E-state index is 11.6. The Labute approximate surface area is 101 Å². The highest BCUT2D eigenvalue weighted by Crippen LogP contribution is 2.22. The van der Waals surface area contributed by atoms with E-state index in [9.17, 15) is 4.79 Å². The zero-order valence-corrected chi connectivity index (χ0v) is 10.3. The van der Waals surface area contributed by atoms with Crippen molar-refractivity contribution < 1.29 is 4.79 Å². The third kappa shape index (κ3) is 2.28. The van der Waals surface area contributed by atoms with E-state index in [2.05, 4.69) is 43.7 Å². The molecule has 1 aromatic rings. The number of hydrogen-bond donors (Lipinski definition) is 1. The molecule has 1 atom stereocenters. The van der Waals surface area contributed by atoms with E-state index in [1.807, 2.05) is 0 Å². The highest BCUT2D eigenvalue weighted by molar-refractivity contribution is 9.10. The average molecular weight is 289 g/mol. The van der Waals surface area contributed by atoms with Crippen molar-refractivity contribution >= 4 is 40.4 Å². The van der Waals surface area contributed by atoms with Crippen LogP contribution in [-0.2, 0) is 4.79 Å². The lowest BCUT2D eigenvalue weighted by atomic mass is 10.1. The normalized spacial score (nSPS) is 21.1. The monoisotopic (exact) mass is 288 g/mol. The molecular weight excluding hydrogens is 280 g/mol. The van der Waals surface area contributed by atoms with Crippen LogP contribution in [0, 0.1) is 5.92 Å². The van der Waals surface area contributed by atoms with Crippen LogP contribution in [0.1, 0.15) is 6.42 Å². The second-order valence-electron chi connectivity index (χ2n) is 3.34. The highest BCUT2D eigenvalue weighted by atomic mass is 79.9. The summed E-state index contributed by atoms with van der Waals surface area (Å²) in [6.07, 6.45) is 2.05. The van der Waals surface area contributed by atoms with Gasteiger partial charge in [-0.1, -0.05) is 0 Å². The van der Waals surface area contributed by atoms with E-state index in [1.54, 1.807) is 4.90 Å². The SMILES string of the molecule is O=C1CC(CS)CN1c1ncc(Br)nn1. The van der Waals surface area contributed by atoms with Crippen molar-refractivity contribution in [2.75, 3.05) is 17.2 Å². The highest BCUT2D eigenvalue weighted by Gasteiger charge is 2.31. The van der Waals surface area contributed by atoms with Gasteiger partial charge in [0.2, 0.25) is 5.91 Å². The van der Waals surface area contributed by atoms with Gasteiger partial charge in [0.15, 0.2) is 0 Å². The van der Waals surface area contributed by atoms with Gasteiger partial charge in [-0.3, -0.25) is 9.69 Å². The Balaban J connectivity index is 2.18. The summed E-state index contributed by atoms with van der Waals surface area (Å²) in [6, 6.07) is 0. The van der Waals surface area contributed by atoms with Crippen molar-refractivity contribution in [3.8, 4) is 0 Å². The Morgan fingerprint density at radius 1 is 1.60 bits per heavy atom. The van der Waals surface area contributed by atoms with E-state index >= 15 is 0 Å². The van der Waals surface area contributed by atoms with E-state index in [0.717, 1.165) is 0 Å². The number of rotatable bonds is 2. The van der Waals surface area contributed by atoms with Crippen LogP contribution in [0.5, 0.6) is 0 Å². The lowest BCUT2D eigenvalue weighted by molar-refractivity contribution is -0.117. The Hall–Kier alpha value is -0.690. The number of hydrogen-bond acceptors (Lipinski definition) is 5. The topological polar surface area (TPSA) is 59.0 Å². The molecule has 80 valence electrons. The summed E-state index contributed by atoms with van der Waals surface area (Å²) in [5.74, 6) is 1.39. The van der Waals surface area contributed by atoms with Crippen molar-refractivity contribution in [3.63, 3.8) is 0 Å². The number of amides is 1. The molecule has 1 unspecified atom stereocenters. The van der Waals surface area contributed by atoms with Gasteiger partial charge in [0, 0.05) is 13.0 Å². The standard InChI is InChI=1S/C8H9BrN4OS/c9-6-2-10-8(12-11-6)13-3-5(4-15)1-7(13)14/h2,5,15H,1,3-4H2. The summed E-state index contributed by atoms with van der Waals surface area (Å²) in [5.41, 5.74) is 0. The van der Waals surface area contributed by atoms with Gasteiger partial charge in [-0.2, -0.15) is 12.6 Å². The first kappa shape index (κ1) is 10.8.